The summed E-state index contributed by atoms with van der Waals surface area (Å²) in [4.78, 5) is 32.4. The number of hydrogen-bond acceptors (Lipinski definition) is 3. The summed E-state index contributed by atoms with van der Waals surface area (Å²) in [6.07, 6.45) is -2.59. The molecule has 4 rings (SSSR count). The van der Waals surface area contributed by atoms with Crippen LogP contribution in [0.1, 0.15) is 29.9 Å². The van der Waals surface area contributed by atoms with Gasteiger partial charge in [0.15, 0.2) is 0 Å². The van der Waals surface area contributed by atoms with E-state index in [4.69, 9.17) is 0 Å². The first-order valence-corrected chi connectivity index (χ1v) is 10.6. The second kappa shape index (κ2) is 8.73. The zero-order valence-electron chi connectivity index (χ0n) is 18.2. The van der Waals surface area contributed by atoms with Crippen LogP contribution in [-0.4, -0.2) is 41.0 Å². The van der Waals surface area contributed by atoms with Crippen molar-refractivity contribution >= 4 is 17.5 Å². The molecule has 1 aromatic carbocycles. The predicted octanol–water partition coefficient (Wildman–Crippen LogP) is 4.58. The normalized spacial score (nSPS) is 13.6. The third-order valence-corrected chi connectivity index (χ3v) is 5.39. The Kier molecular flexibility index (Phi) is 5.97. The molecule has 2 amide bonds. The van der Waals surface area contributed by atoms with Crippen molar-refractivity contribution in [3.63, 3.8) is 0 Å². The molecule has 3 heterocycles. The molecule has 1 aliphatic rings. The first kappa shape index (κ1) is 22.6. The van der Waals surface area contributed by atoms with Gasteiger partial charge in [0.1, 0.15) is 0 Å². The van der Waals surface area contributed by atoms with Crippen molar-refractivity contribution < 1.29 is 22.8 Å². The first-order valence-electron chi connectivity index (χ1n) is 10.6. The summed E-state index contributed by atoms with van der Waals surface area (Å²) in [5, 5.41) is 2.81. The summed E-state index contributed by atoms with van der Waals surface area (Å²) in [5.74, 6) is -2.13. The van der Waals surface area contributed by atoms with E-state index in [1.54, 1.807) is 38.2 Å². The number of rotatable bonds is 5. The minimum Gasteiger partial charge on any atom is -0.358 e. The number of aromatic amines is 1. The van der Waals surface area contributed by atoms with E-state index in [1.165, 1.54) is 12.1 Å². The molecule has 0 saturated carbocycles. The van der Waals surface area contributed by atoms with Crippen molar-refractivity contribution in [2.45, 2.75) is 26.4 Å². The van der Waals surface area contributed by atoms with Crippen LogP contribution < -0.4 is 10.2 Å². The van der Waals surface area contributed by atoms with Gasteiger partial charge < -0.3 is 15.2 Å². The van der Waals surface area contributed by atoms with E-state index in [9.17, 15) is 22.8 Å². The number of carbonyl (C=O) groups excluding carboxylic acids is 2. The number of nitrogens with zero attached hydrogens (tertiary/aromatic N) is 2. The highest BCUT2D eigenvalue weighted by Gasteiger charge is 2.43. The van der Waals surface area contributed by atoms with Crippen molar-refractivity contribution in [1.82, 2.24) is 15.3 Å². The summed E-state index contributed by atoms with van der Waals surface area (Å²) in [6, 6.07) is 11.7. The second-order valence-electron chi connectivity index (χ2n) is 8.37. The zero-order chi connectivity index (χ0) is 23.8. The van der Waals surface area contributed by atoms with Crippen LogP contribution in [-0.2, 0) is 11.2 Å². The molecule has 6 nitrogen and oxygen atoms in total. The summed E-state index contributed by atoms with van der Waals surface area (Å²) >= 11 is 0. The number of halogens is 3. The Bertz CT molecular complexity index is 1180. The van der Waals surface area contributed by atoms with E-state index in [0.29, 0.717) is 23.4 Å². The average Bonchev–Trinajstić information content (AvgIpc) is 3.22. The number of carbonyl (C=O) groups is 2. The Morgan fingerprint density at radius 1 is 1.12 bits per heavy atom. The molecular weight excluding hydrogens is 433 g/mol. The van der Waals surface area contributed by atoms with Gasteiger partial charge in [-0.2, -0.15) is 13.2 Å². The van der Waals surface area contributed by atoms with Crippen LogP contribution in [0, 0.1) is 5.92 Å². The summed E-state index contributed by atoms with van der Waals surface area (Å²) < 4.78 is 39.2. The predicted molar refractivity (Wildman–Crippen MR) is 119 cm³/mol. The third-order valence-electron chi connectivity index (χ3n) is 5.39. The van der Waals surface area contributed by atoms with Crippen LogP contribution >= 0.6 is 0 Å². The third kappa shape index (κ3) is 4.76. The number of aromatic nitrogens is 2. The number of fused-ring (bicyclic) bond motifs is 1. The number of nitrogens with one attached hydrogen (secondary N) is 2. The van der Waals surface area contributed by atoms with E-state index in [-0.39, 0.29) is 24.1 Å². The van der Waals surface area contributed by atoms with E-state index >= 15 is 0 Å². The molecule has 0 aliphatic carbocycles. The number of hydrogen-bond donors (Lipinski definition) is 2. The van der Waals surface area contributed by atoms with Crippen LogP contribution in [0.25, 0.3) is 22.5 Å². The minimum atomic E-state index is -4.95. The Hall–Kier alpha value is -3.62. The van der Waals surface area contributed by atoms with Gasteiger partial charge in [-0.3, -0.25) is 14.6 Å². The van der Waals surface area contributed by atoms with Gasteiger partial charge in [-0.15, -0.1) is 0 Å². The van der Waals surface area contributed by atoms with Crippen LogP contribution in [0.5, 0.6) is 0 Å². The summed E-state index contributed by atoms with van der Waals surface area (Å²) in [6.45, 7) is 4.05. The summed E-state index contributed by atoms with van der Waals surface area (Å²) in [7, 11) is 0. The molecule has 9 heteroatoms. The number of amides is 2. The molecule has 0 fully saturated rings. The molecule has 33 heavy (non-hydrogen) atoms. The maximum Gasteiger partial charge on any atom is 0.471 e. The van der Waals surface area contributed by atoms with Crippen LogP contribution in [0.4, 0.5) is 18.9 Å². The quantitative estimate of drug-likeness (QED) is 0.590. The van der Waals surface area contributed by atoms with Gasteiger partial charge in [0, 0.05) is 53.9 Å². The van der Waals surface area contributed by atoms with Gasteiger partial charge >= 0.3 is 12.1 Å². The fraction of sp³-hybridized carbons (Fsp3) is 0.292. The van der Waals surface area contributed by atoms with Gasteiger partial charge in [0.05, 0.1) is 11.3 Å². The lowest BCUT2D eigenvalue weighted by molar-refractivity contribution is -0.170. The van der Waals surface area contributed by atoms with Gasteiger partial charge in [-0.05, 0) is 36.2 Å². The highest BCUT2D eigenvalue weighted by Crippen LogP contribution is 2.30. The Morgan fingerprint density at radius 3 is 2.48 bits per heavy atom. The largest absolute Gasteiger partial charge is 0.471 e. The molecule has 2 aromatic heterocycles. The number of alkyl halides is 3. The zero-order valence-corrected chi connectivity index (χ0v) is 18.2. The van der Waals surface area contributed by atoms with E-state index in [0.717, 1.165) is 28.3 Å². The van der Waals surface area contributed by atoms with Crippen molar-refractivity contribution in [3.05, 3.63) is 59.9 Å². The highest BCUT2D eigenvalue weighted by atomic mass is 19.4. The first-order chi connectivity index (χ1) is 15.6. The molecule has 1 aliphatic heterocycles. The van der Waals surface area contributed by atoms with E-state index in [1.807, 2.05) is 12.1 Å². The molecule has 0 atom stereocenters. The maximum atomic E-state index is 13.1. The van der Waals surface area contributed by atoms with Crippen molar-refractivity contribution in [3.8, 4) is 22.5 Å². The number of pyridine rings is 1. The molecule has 172 valence electrons. The lowest BCUT2D eigenvalue weighted by Crippen LogP contribution is -2.43. The average molecular weight is 456 g/mol. The fourth-order valence-corrected chi connectivity index (χ4v) is 3.84. The smallest absolute Gasteiger partial charge is 0.358 e. The minimum absolute atomic E-state index is 0.0451. The number of benzene rings is 1. The Labute approximate surface area is 188 Å². The van der Waals surface area contributed by atoms with Gasteiger partial charge in [0.25, 0.3) is 5.91 Å². The summed E-state index contributed by atoms with van der Waals surface area (Å²) in [5.41, 5.74) is 4.62. The molecule has 0 spiro atoms. The molecular formula is C24H23F3N4O2. The molecule has 3 aromatic rings. The molecule has 2 N–H and O–H groups in total. The number of anilines is 1. The van der Waals surface area contributed by atoms with Crippen LogP contribution in [0.3, 0.4) is 0 Å². The van der Waals surface area contributed by atoms with E-state index < -0.39 is 12.1 Å². The molecule has 0 saturated heterocycles. The fourth-order valence-electron chi connectivity index (χ4n) is 3.84. The topological polar surface area (TPSA) is 78.1 Å². The SMILES string of the molecule is CC(C)CN(C(=O)C(F)(F)F)c1ccc(-c2cc(-c3cc4c([nH]3)CCNC4=O)ccn2)cc1. The van der Waals surface area contributed by atoms with Gasteiger partial charge in [-0.25, -0.2) is 0 Å². The van der Waals surface area contributed by atoms with Crippen LogP contribution in [0.2, 0.25) is 0 Å². The molecule has 0 bridgehead atoms. The van der Waals surface area contributed by atoms with Crippen molar-refractivity contribution in [2.75, 3.05) is 18.0 Å². The number of H-pyrrole nitrogens is 1. The standard InChI is InChI=1S/C24H23F3N4O2/c1-14(2)13-31(23(33)24(25,26)27)17-5-3-15(4-6-17)20-11-16(7-9-28-20)21-12-18-19(30-21)8-10-29-22(18)32/h3-7,9,11-12,14,30H,8,10,13H2,1-2H3,(H,29,32). The van der Waals surface area contributed by atoms with E-state index in [2.05, 4.69) is 15.3 Å². The lowest BCUT2D eigenvalue weighted by atomic mass is 10.1. The lowest BCUT2D eigenvalue weighted by Gasteiger charge is -2.25. The monoisotopic (exact) mass is 456 g/mol. The Balaban J connectivity index is 1.62. The second-order valence-corrected chi connectivity index (χ2v) is 8.37. The van der Waals surface area contributed by atoms with Gasteiger partial charge in [-0.1, -0.05) is 26.0 Å². The van der Waals surface area contributed by atoms with Crippen molar-refractivity contribution in [2.24, 2.45) is 5.92 Å². The Morgan fingerprint density at radius 2 is 1.85 bits per heavy atom. The van der Waals surface area contributed by atoms with Crippen LogP contribution in [0.15, 0.2) is 48.7 Å². The molecule has 0 radical (unpaired) electrons. The molecule has 0 unspecified atom stereocenters. The van der Waals surface area contributed by atoms with Crippen molar-refractivity contribution in [1.29, 1.82) is 0 Å². The highest BCUT2D eigenvalue weighted by molar-refractivity contribution is 5.98. The van der Waals surface area contributed by atoms with Gasteiger partial charge in [0.2, 0.25) is 0 Å². The maximum absolute atomic E-state index is 13.1.